The van der Waals surface area contributed by atoms with Gasteiger partial charge in [-0.05, 0) is 25.0 Å². The average molecular weight is 322 g/mol. The third kappa shape index (κ3) is 9.98. The third-order valence-corrected chi connectivity index (χ3v) is 2.38. The van der Waals surface area contributed by atoms with Gasteiger partial charge >= 0.3 is 0 Å². The Hall–Kier alpha value is -2.84. The van der Waals surface area contributed by atoms with E-state index < -0.39 is 0 Å². The van der Waals surface area contributed by atoms with Crippen LogP contribution in [0.25, 0.3) is 0 Å². The van der Waals surface area contributed by atoms with Crippen LogP contribution in [0.2, 0.25) is 0 Å². The van der Waals surface area contributed by atoms with E-state index in [-0.39, 0.29) is 0 Å². The summed E-state index contributed by atoms with van der Waals surface area (Å²) in [6, 6.07) is 4.18. The average Bonchev–Trinajstić information content (AvgIpc) is 2.64. The van der Waals surface area contributed by atoms with Gasteiger partial charge in [0, 0.05) is 0 Å². The van der Waals surface area contributed by atoms with Crippen LogP contribution in [0.4, 0.5) is 0 Å². The number of hydrogen-bond acceptors (Lipinski definition) is 2. The number of rotatable bonds is 6. The quantitative estimate of drug-likeness (QED) is 0.400. The van der Waals surface area contributed by atoms with E-state index in [1.165, 1.54) is 0 Å². The van der Waals surface area contributed by atoms with Crippen LogP contribution in [0.5, 0.6) is 0 Å². The number of allylic oxidation sites excluding steroid dienone is 12. The summed E-state index contributed by atoms with van der Waals surface area (Å²) in [6.07, 6.45) is 13.8. The van der Waals surface area contributed by atoms with Crippen molar-refractivity contribution in [2.45, 2.75) is 41.5 Å². The molecule has 2 nitrogen and oxygen atoms in total. The normalized spacial score (nSPS) is 12.0. The molecule has 0 aromatic carbocycles. The summed E-state index contributed by atoms with van der Waals surface area (Å²) in [5, 5.41) is 18.7. The summed E-state index contributed by atoms with van der Waals surface area (Å²) in [4.78, 5) is 0. The second-order valence-electron chi connectivity index (χ2n) is 3.68. The first kappa shape index (κ1) is 26.1. The smallest absolute Gasteiger partial charge is 0.101 e. The molecule has 0 amide bonds. The number of nitrogens with zero attached hydrogens (tertiary/aromatic N) is 2. The molecule has 128 valence electrons. The summed E-state index contributed by atoms with van der Waals surface area (Å²) in [5.41, 5.74) is 1.87. The summed E-state index contributed by atoms with van der Waals surface area (Å²) in [5.74, 6) is 0. The summed E-state index contributed by atoms with van der Waals surface area (Å²) in [6.45, 7) is 19.0. The molecule has 2 heteroatoms. The fourth-order valence-electron chi connectivity index (χ4n) is 1.51. The minimum atomic E-state index is 0.298. The van der Waals surface area contributed by atoms with Crippen molar-refractivity contribution in [3.05, 3.63) is 84.1 Å². The van der Waals surface area contributed by atoms with Gasteiger partial charge in [-0.15, -0.1) is 0 Å². The van der Waals surface area contributed by atoms with E-state index in [2.05, 4.69) is 25.3 Å². The van der Waals surface area contributed by atoms with Gasteiger partial charge < -0.3 is 0 Å². The van der Waals surface area contributed by atoms with Crippen LogP contribution >= 0.6 is 0 Å². The Morgan fingerprint density at radius 2 is 1.29 bits per heavy atom. The first-order valence-corrected chi connectivity index (χ1v) is 8.16. The highest BCUT2D eigenvalue weighted by Crippen LogP contribution is 2.22. The van der Waals surface area contributed by atoms with Crippen LogP contribution in [0.1, 0.15) is 41.5 Å². The topological polar surface area (TPSA) is 47.6 Å². The Labute approximate surface area is 148 Å². The van der Waals surface area contributed by atoms with Crippen LogP contribution in [0.15, 0.2) is 84.1 Å². The van der Waals surface area contributed by atoms with E-state index in [9.17, 15) is 10.5 Å². The van der Waals surface area contributed by atoms with Crippen LogP contribution in [0.3, 0.4) is 0 Å². The molecule has 0 aromatic heterocycles. The van der Waals surface area contributed by atoms with Crippen molar-refractivity contribution in [3.8, 4) is 12.1 Å². The maximum Gasteiger partial charge on any atom is 0.101 e. The van der Waals surface area contributed by atoms with E-state index in [0.29, 0.717) is 22.3 Å². The van der Waals surface area contributed by atoms with Gasteiger partial charge in [-0.1, -0.05) is 89.5 Å². The van der Waals surface area contributed by atoms with Gasteiger partial charge in [0.05, 0.1) is 11.1 Å². The molecule has 0 spiro atoms. The van der Waals surface area contributed by atoms with Crippen molar-refractivity contribution in [2.75, 3.05) is 0 Å². The molecule has 0 aromatic rings. The first-order chi connectivity index (χ1) is 11.7. The van der Waals surface area contributed by atoms with Crippen molar-refractivity contribution in [3.63, 3.8) is 0 Å². The number of nitriles is 2. The third-order valence-electron chi connectivity index (χ3n) is 2.38. The molecule has 0 bridgehead atoms. The lowest BCUT2D eigenvalue weighted by Crippen LogP contribution is -1.94. The minimum absolute atomic E-state index is 0.298. The molecule has 0 radical (unpaired) electrons. The van der Waals surface area contributed by atoms with Crippen molar-refractivity contribution in [2.24, 2.45) is 0 Å². The van der Waals surface area contributed by atoms with E-state index in [4.69, 9.17) is 0 Å². The molecular formula is C22H30N2. The van der Waals surface area contributed by atoms with E-state index in [0.717, 1.165) is 0 Å². The highest BCUT2D eigenvalue weighted by Gasteiger charge is 2.11. The zero-order valence-corrected chi connectivity index (χ0v) is 15.9. The van der Waals surface area contributed by atoms with Crippen LogP contribution in [-0.2, 0) is 0 Å². The van der Waals surface area contributed by atoms with E-state index >= 15 is 0 Å². The molecule has 0 aliphatic carbocycles. The van der Waals surface area contributed by atoms with Gasteiger partial charge in [-0.25, -0.2) is 0 Å². The maximum absolute atomic E-state index is 9.37. The fourth-order valence-corrected chi connectivity index (χ4v) is 1.51. The first-order valence-electron chi connectivity index (χ1n) is 8.16. The second kappa shape index (κ2) is 20.2. The maximum atomic E-state index is 9.37. The highest BCUT2D eigenvalue weighted by molar-refractivity contribution is 5.63. The predicted octanol–water partition coefficient (Wildman–Crippen LogP) is 6.76. The minimum Gasteiger partial charge on any atom is -0.192 e. The van der Waals surface area contributed by atoms with E-state index in [1.54, 1.807) is 36.5 Å². The molecule has 0 N–H and O–H groups in total. The monoisotopic (exact) mass is 322 g/mol. The van der Waals surface area contributed by atoms with Gasteiger partial charge in [0.1, 0.15) is 12.1 Å². The predicted molar refractivity (Wildman–Crippen MR) is 107 cm³/mol. The van der Waals surface area contributed by atoms with Gasteiger partial charge in [0.25, 0.3) is 0 Å². The van der Waals surface area contributed by atoms with Crippen LogP contribution < -0.4 is 0 Å². The molecule has 0 heterocycles. The molecule has 0 aliphatic rings. The fraction of sp³-hybridized carbons (Fsp3) is 0.273. The SMILES string of the molecule is C=C/C=C(\C=C/C)C(/C#N)=C(C#N)/C(C=C)=C/C=C\C.CC.CC. The zero-order valence-electron chi connectivity index (χ0n) is 15.9. The lowest BCUT2D eigenvalue weighted by molar-refractivity contribution is 1.38. The summed E-state index contributed by atoms with van der Waals surface area (Å²) >= 11 is 0. The Morgan fingerprint density at radius 1 is 0.792 bits per heavy atom. The van der Waals surface area contributed by atoms with Crippen molar-refractivity contribution in [1.29, 1.82) is 10.5 Å². The van der Waals surface area contributed by atoms with Gasteiger partial charge in [-0.3, -0.25) is 0 Å². The molecule has 0 saturated heterocycles. The van der Waals surface area contributed by atoms with Crippen LogP contribution in [-0.4, -0.2) is 0 Å². The van der Waals surface area contributed by atoms with Gasteiger partial charge in [0.2, 0.25) is 0 Å². The zero-order chi connectivity index (χ0) is 19.4. The molecule has 0 rings (SSSR count). The Bertz CT molecular complexity index is 595. The second-order valence-corrected chi connectivity index (χ2v) is 3.68. The molecule has 0 atom stereocenters. The molecular weight excluding hydrogens is 292 g/mol. The Balaban J connectivity index is -0.00000102. The van der Waals surface area contributed by atoms with Gasteiger partial charge in [0.15, 0.2) is 0 Å². The lowest BCUT2D eigenvalue weighted by Gasteiger charge is -2.05. The molecule has 0 fully saturated rings. The summed E-state index contributed by atoms with van der Waals surface area (Å²) in [7, 11) is 0. The van der Waals surface area contributed by atoms with Crippen molar-refractivity contribution in [1.82, 2.24) is 0 Å². The molecule has 24 heavy (non-hydrogen) atoms. The Kier molecular flexibility index (Phi) is 21.9. The highest BCUT2D eigenvalue weighted by atomic mass is 14.3. The van der Waals surface area contributed by atoms with E-state index in [1.807, 2.05) is 53.7 Å². The largest absolute Gasteiger partial charge is 0.192 e. The summed E-state index contributed by atoms with van der Waals surface area (Å²) < 4.78 is 0. The lowest BCUT2D eigenvalue weighted by atomic mass is 9.95. The molecule has 0 aliphatic heterocycles. The number of hydrogen-bond donors (Lipinski definition) is 0. The standard InChI is InChI=1S/C18H18N2.2C2H6/c1-5-9-12-15(8-4)17(13-19)18(14-20)16(10-6-2)11-7-3;2*1-2/h5-12H,2,4H2,1,3H3;2*1-2H3/b9-5-,11-7-,15-12+,16-10+,18-17+;;. The van der Waals surface area contributed by atoms with Crippen molar-refractivity contribution < 1.29 is 0 Å². The Morgan fingerprint density at radius 3 is 1.62 bits per heavy atom. The van der Waals surface area contributed by atoms with Crippen LogP contribution in [0, 0.1) is 22.7 Å². The van der Waals surface area contributed by atoms with Crippen molar-refractivity contribution >= 4 is 0 Å². The molecule has 0 unspecified atom stereocenters. The molecule has 0 saturated carbocycles. The van der Waals surface area contributed by atoms with Gasteiger partial charge in [-0.2, -0.15) is 10.5 Å².